The van der Waals surface area contributed by atoms with E-state index in [2.05, 4.69) is 6.07 Å². The lowest BCUT2D eigenvalue weighted by Crippen LogP contribution is -2.11. The van der Waals surface area contributed by atoms with Crippen LogP contribution in [0.1, 0.15) is 37.7 Å². The molecule has 1 N–H and O–H groups in total. The number of nitrogens with zero attached hydrogens (tertiary/aromatic N) is 1. The highest BCUT2D eigenvalue weighted by Crippen LogP contribution is 2.23. The van der Waals surface area contributed by atoms with Gasteiger partial charge in [-0.25, -0.2) is 4.79 Å². The molecule has 0 saturated heterocycles. The minimum Gasteiger partial charge on any atom is -0.494 e. The van der Waals surface area contributed by atoms with Gasteiger partial charge in [-0.1, -0.05) is 37.1 Å². The lowest BCUT2D eigenvalue weighted by atomic mass is 10.0. The number of unbranched alkanes of at least 4 members (excludes halogenated alkanes) is 3. The van der Waals surface area contributed by atoms with Crippen LogP contribution in [0.5, 0.6) is 5.75 Å². The maximum atomic E-state index is 10.9. The van der Waals surface area contributed by atoms with Gasteiger partial charge in [0.15, 0.2) is 0 Å². The van der Waals surface area contributed by atoms with E-state index in [-0.39, 0.29) is 6.42 Å². The Morgan fingerprint density at radius 2 is 1.46 bits per heavy atom. The van der Waals surface area contributed by atoms with E-state index in [1.165, 1.54) is 0 Å². The number of carbonyl (C=O) groups is 2. The van der Waals surface area contributed by atoms with Gasteiger partial charge in [-0.2, -0.15) is 5.26 Å². The molecule has 0 heterocycles. The van der Waals surface area contributed by atoms with Gasteiger partial charge in [-0.15, -0.1) is 0 Å². The van der Waals surface area contributed by atoms with Gasteiger partial charge in [-0.05, 0) is 48.2 Å². The summed E-state index contributed by atoms with van der Waals surface area (Å²) in [6, 6.07) is 17.3. The number of hydrogen-bond acceptors (Lipinski definition) is 4. The summed E-state index contributed by atoms with van der Waals surface area (Å²) in [5.74, 6) is -1.27. The number of hydrogen-bond donors (Lipinski definition) is 1. The van der Waals surface area contributed by atoms with Crippen molar-refractivity contribution in [1.29, 1.82) is 5.26 Å². The SMILES string of the molecule is N#Cc1ccc(-c2ccc(OCCCCCCC(=O)C(=O)O)cc2)cc1. The van der Waals surface area contributed by atoms with Gasteiger partial charge < -0.3 is 9.84 Å². The third-order valence-electron chi connectivity index (χ3n) is 4.01. The van der Waals surface area contributed by atoms with Gasteiger partial charge in [0.2, 0.25) is 5.78 Å². The van der Waals surface area contributed by atoms with Crippen molar-refractivity contribution >= 4 is 11.8 Å². The van der Waals surface area contributed by atoms with Crippen LogP contribution in [0.15, 0.2) is 48.5 Å². The Labute approximate surface area is 152 Å². The van der Waals surface area contributed by atoms with E-state index in [4.69, 9.17) is 15.1 Å². The van der Waals surface area contributed by atoms with Crippen molar-refractivity contribution in [2.24, 2.45) is 0 Å². The van der Waals surface area contributed by atoms with Crippen LogP contribution in [-0.2, 0) is 9.59 Å². The van der Waals surface area contributed by atoms with Crippen LogP contribution in [0.25, 0.3) is 11.1 Å². The Hall–Kier alpha value is -3.13. The fraction of sp³-hybridized carbons (Fsp3) is 0.286. The number of carboxylic acid groups (broad SMARTS) is 1. The van der Waals surface area contributed by atoms with Gasteiger partial charge in [0.1, 0.15) is 5.75 Å². The molecule has 5 nitrogen and oxygen atoms in total. The molecule has 2 aromatic rings. The van der Waals surface area contributed by atoms with E-state index in [0.717, 1.165) is 36.1 Å². The van der Waals surface area contributed by atoms with E-state index in [1.54, 1.807) is 12.1 Å². The first-order valence-corrected chi connectivity index (χ1v) is 8.59. The van der Waals surface area contributed by atoms with E-state index in [9.17, 15) is 9.59 Å². The zero-order valence-corrected chi connectivity index (χ0v) is 14.5. The molecular formula is C21H21NO4. The zero-order chi connectivity index (χ0) is 18.8. The average Bonchev–Trinajstić information content (AvgIpc) is 2.67. The highest BCUT2D eigenvalue weighted by Gasteiger charge is 2.09. The molecule has 0 unspecified atom stereocenters. The highest BCUT2D eigenvalue weighted by molar-refractivity contribution is 6.32. The number of carboxylic acids is 1. The molecule has 0 atom stereocenters. The van der Waals surface area contributed by atoms with E-state index in [1.807, 2.05) is 36.4 Å². The standard InChI is InChI=1S/C21H21NO4/c22-15-16-6-8-17(9-7-16)18-10-12-19(13-11-18)26-14-4-2-1-3-5-20(23)21(24)25/h6-13H,1-5,14H2,(H,24,25). The molecule has 0 aliphatic carbocycles. The Balaban J connectivity index is 1.68. The molecule has 134 valence electrons. The summed E-state index contributed by atoms with van der Waals surface area (Å²) in [5, 5.41) is 17.3. The smallest absolute Gasteiger partial charge is 0.372 e. The van der Waals surface area contributed by atoms with Gasteiger partial charge in [-0.3, -0.25) is 4.79 Å². The van der Waals surface area contributed by atoms with Crippen molar-refractivity contribution in [3.63, 3.8) is 0 Å². The van der Waals surface area contributed by atoms with E-state index in [0.29, 0.717) is 18.6 Å². The number of ketones is 1. The molecule has 0 radical (unpaired) electrons. The summed E-state index contributed by atoms with van der Waals surface area (Å²) < 4.78 is 5.70. The quantitative estimate of drug-likeness (QED) is 0.512. The summed E-state index contributed by atoms with van der Waals surface area (Å²) in [6.07, 6.45) is 3.28. The zero-order valence-electron chi connectivity index (χ0n) is 14.5. The minimum atomic E-state index is -1.35. The van der Waals surface area contributed by atoms with Gasteiger partial charge >= 0.3 is 5.97 Å². The van der Waals surface area contributed by atoms with Crippen molar-refractivity contribution in [2.75, 3.05) is 6.61 Å². The Morgan fingerprint density at radius 1 is 0.885 bits per heavy atom. The molecule has 0 amide bonds. The first kappa shape index (κ1) is 19.2. The number of carbonyl (C=O) groups excluding carboxylic acids is 1. The minimum absolute atomic E-state index is 0.104. The summed E-state index contributed by atoms with van der Waals surface area (Å²) in [5.41, 5.74) is 2.75. The fourth-order valence-corrected chi connectivity index (χ4v) is 2.52. The van der Waals surface area contributed by atoms with Crippen molar-refractivity contribution in [2.45, 2.75) is 32.1 Å². The van der Waals surface area contributed by atoms with E-state index >= 15 is 0 Å². The third kappa shape index (κ3) is 6.06. The number of benzene rings is 2. The van der Waals surface area contributed by atoms with Crippen LogP contribution in [0.2, 0.25) is 0 Å². The molecule has 5 heteroatoms. The number of Topliss-reactive ketones (excluding diaryl/α,β-unsaturated/α-hetero) is 1. The Kier molecular flexibility index (Phi) is 7.38. The monoisotopic (exact) mass is 351 g/mol. The fourth-order valence-electron chi connectivity index (χ4n) is 2.52. The molecule has 26 heavy (non-hydrogen) atoms. The van der Waals surface area contributed by atoms with Crippen LogP contribution in [0.3, 0.4) is 0 Å². The molecule has 0 aromatic heterocycles. The molecule has 0 aliphatic rings. The second kappa shape index (κ2) is 10.00. The van der Waals surface area contributed by atoms with Crippen LogP contribution < -0.4 is 4.74 Å². The molecule has 0 saturated carbocycles. The summed E-state index contributed by atoms with van der Waals surface area (Å²) in [6.45, 7) is 0.586. The predicted molar refractivity (Wildman–Crippen MR) is 97.8 cm³/mol. The van der Waals surface area contributed by atoms with Crippen molar-refractivity contribution in [1.82, 2.24) is 0 Å². The molecule has 0 fully saturated rings. The second-order valence-electron chi connectivity index (χ2n) is 5.95. The largest absolute Gasteiger partial charge is 0.494 e. The van der Waals surface area contributed by atoms with E-state index < -0.39 is 11.8 Å². The van der Waals surface area contributed by atoms with Gasteiger partial charge in [0.05, 0.1) is 18.2 Å². The third-order valence-corrected chi connectivity index (χ3v) is 4.01. The van der Waals surface area contributed by atoms with Gasteiger partial charge in [0, 0.05) is 6.42 Å². The van der Waals surface area contributed by atoms with Crippen LogP contribution >= 0.6 is 0 Å². The van der Waals surface area contributed by atoms with Crippen LogP contribution in [0, 0.1) is 11.3 Å². The Bertz CT molecular complexity index is 773. The normalized spacial score (nSPS) is 10.1. The molecule has 0 bridgehead atoms. The molecule has 2 rings (SSSR count). The number of nitriles is 1. The predicted octanol–water partition coefficient (Wildman–Crippen LogP) is 4.21. The molecule has 2 aromatic carbocycles. The second-order valence-corrected chi connectivity index (χ2v) is 5.95. The maximum Gasteiger partial charge on any atom is 0.372 e. The van der Waals surface area contributed by atoms with Crippen molar-refractivity contribution in [3.8, 4) is 22.9 Å². The van der Waals surface area contributed by atoms with Crippen molar-refractivity contribution < 1.29 is 19.4 Å². The molecular weight excluding hydrogens is 330 g/mol. The highest BCUT2D eigenvalue weighted by atomic mass is 16.5. The summed E-state index contributed by atoms with van der Waals surface area (Å²) in [4.78, 5) is 21.3. The lowest BCUT2D eigenvalue weighted by molar-refractivity contribution is -0.149. The van der Waals surface area contributed by atoms with Gasteiger partial charge in [0.25, 0.3) is 0 Å². The van der Waals surface area contributed by atoms with Crippen LogP contribution in [0.4, 0.5) is 0 Å². The van der Waals surface area contributed by atoms with Crippen LogP contribution in [-0.4, -0.2) is 23.5 Å². The maximum absolute atomic E-state index is 10.9. The Morgan fingerprint density at radius 3 is 2.04 bits per heavy atom. The first-order chi connectivity index (χ1) is 12.6. The molecule has 0 spiro atoms. The first-order valence-electron chi connectivity index (χ1n) is 8.59. The van der Waals surface area contributed by atoms with Crippen molar-refractivity contribution in [3.05, 3.63) is 54.1 Å². The number of aliphatic carboxylic acids is 1. The number of ether oxygens (including phenoxy) is 1. The average molecular weight is 351 g/mol. The topological polar surface area (TPSA) is 87.4 Å². The number of rotatable bonds is 10. The summed E-state index contributed by atoms with van der Waals surface area (Å²) >= 11 is 0. The molecule has 0 aliphatic heterocycles. The summed E-state index contributed by atoms with van der Waals surface area (Å²) in [7, 11) is 0. The lowest BCUT2D eigenvalue weighted by Gasteiger charge is -2.07.